The van der Waals surface area contributed by atoms with Crippen molar-refractivity contribution in [2.24, 2.45) is 0 Å². The van der Waals surface area contributed by atoms with Gasteiger partial charge in [0, 0.05) is 32.4 Å². The Hall–Kier alpha value is -1.54. The number of halogens is 3. The Morgan fingerprint density at radius 1 is 1.34 bits per heavy atom. The maximum Gasteiger partial charge on any atom is 0.319 e. The molecule has 1 aliphatic carbocycles. The number of rotatable bonds is 5. The lowest BCUT2D eigenvalue weighted by Gasteiger charge is -2.31. The summed E-state index contributed by atoms with van der Waals surface area (Å²) in [6, 6.07) is 2.15. The van der Waals surface area contributed by atoms with Crippen molar-refractivity contribution in [1.29, 1.82) is 0 Å². The number of benzene rings is 1. The van der Waals surface area contributed by atoms with Gasteiger partial charge in [-0.2, -0.15) is 9.97 Å². The number of aromatic nitrogens is 2. The second-order valence-electron chi connectivity index (χ2n) is 8.85. The minimum absolute atomic E-state index is 0.148. The van der Waals surface area contributed by atoms with E-state index in [1.165, 1.54) is 0 Å². The van der Waals surface area contributed by atoms with Gasteiger partial charge in [-0.15, -0.1) is 0 Å². The molecule has 1 saturated carbocycles. The Bertz CT molecular complexity index is 968. The normalized spacial score (nSPS) is 26.9. The highest BCUT2D eigenvalue weighted by atomic mass is 79.9. The Balaban J connectivity index is 1.51. The summed E-state index contributed by atoms with van der Waals surface area (Å²) in [5.41, 5.74) is 0.951. The smallest absolute Gasteiger partial charge is 0.319 e. The Labute approximate surface area is 177 Å². The van der Waals surface area contributed by atoms with Crippen molar-refractivity contribution >= 4 is 32.7 Å². The first-order valence-electron chi connectivity index (χ1n) is 10.3. The van der Waals surface area contributed by atoms with Crippen molar-refractivity contribution in [2.45, 2.75) is 49.7 Å². The predicted molar refractivity (Wildman–Crippen MR) is 112 cm³/mol. The molecule has 0 unspecified atom stereocenters. The average Bonchev–Trinajstić information content (AvgIpc) is 3.38. The maximum atomic E-state index is 15.2. The molecule has 1 aromatic carbocycles. The van der Waals surface area contributed by atoms with Crippen molar-refractivity contribution in [1.82, 2.24) is 14.9 Å². The molecule has 8 heteroatoms. The van der Waals surface area contributed by atoms with E-state index in [1.807, 2.05) is 25.1 Å². The first-order chi connectivity index (χ1) is 13.9. The number of hydrogen-bond acceptors (Lipinski definition) is 5. The molecular formula is C21H25BrF2N4O. The molecular weight excluding hydrogens is 442 g/mol. The molecule has 5 rings (SSSR count). The minimum Gasteiger partial charge on any atom is -0.461 e. The monoisotopic (exact) mass is 466 g/mol. The Kier molecular flexibility index (Phi) is 4.70. The van der Waals surface area contributed by atoms with Crippen LogP contribution in [0.15, 0.2) is 10.5 Å². The molecule has 1 aromatic heterocycles. The molecule has 5 nitrogen and oxygen atoms in total. The number of fused-ring (bicyclic) bond motifs is 2. The van der Waals surface area contributed by atoms with Gasteiger partial charge in [0.2, 0.25) is 0 Å². The van der Waals surface area contributed by atoms with Crippen LogP contribution in [0.2, 0.25) is 0 Å². The molecule has 156 valence electrons. The van der Waals surface area contributed by atoms with Crippen LogP contribution < -0.4 is 9.64 Å². The van der Waals surface area contributed by atoms with Crippen LogP contribution in [0.4, 0.5) is 14.6 Å². The van der Waals surface area contributed by atoms with Gasteiger partial charge in [-0.3, -0.25) is 4.90 Å². The summed E-state index contributed by atoms with van der Waals surface area (Å²) in [5, 5.41) is 0.690. The van der Waals surface area contributed by atoms with Gasteiger partial charge in [-0.1, -0.05) is 0 Å². The second kappa shape index (κ2) is 7.01. The van der Waals surface area contributed by atoms with Crippen molar-refractivity contribution in [3.8, 4) is 6.01 Å². The van der Waals surface area contributed by atoms with Crippen LogP contribution in [0.25, 0.3) is 10.9 Å². The first-order valence-corrected chi connectivity index (χ1v) is 11.1. The van der Waals surface area contributed by atoms with Gasteiger partial charge in [0.25, 0.3) is 0 Å². The highest BCUT2D eigenvalue weighted by Crippen LogP contribution is 2.46. The molecule has 2 saturated heterocycles. The summed E-state index contributed by atoms with van der Waals surface area (Å²) >= 11 is 3.43. The topological polar surface area (TPSA) is 41.5 Å². The largest absolute Gasteiger partial charge is 0.461 e. The van der Waals surface area contributed by atoms with Crippen molar-refractivity contribution < 1.29 is 13.5 Å². The summed E-state index contributed by atoms with van der Waals surface area (Å²) in [7, 11) is 3.76. The van der Waals surface area contributed by atoms with Crippen molar-refractivity contribution in [2.75, 3.05) is 38.7 Å². The molecule has 0 radical (unpaired) electrons. The third-order valence-electron chi connectivity index (χ3n) is 6.53. The van der Waals surface area contributed by atoms with E-state index in [0.29, 0.717) is 41.2 Å². The van der Waals surface area contributed by atoms with Gasteiger partial charge in [-0.05, 0) is 65.7 Å². The summed E-state index contributed by atoms with van der Waals surface area (Å²) in [5.74, 6) is 0.664. The summed E-state index contributed by atoms with van der Waals surface area (Å²) in [4.78, 5) is 13.0. The van der Waals surface area contributed by atoms with Crippen LogP contribution >= 0.6 is 15.9 Å². The quantitative estimate of drug-likeness (QED) is 0.651. The first kappa shape index (κ1) is 19.4. The van der Waals surface area contributed by atoms with Crippen LogP contribution in [0.5, 0.6) is 6.01 Å². The molecule has 3 heterocycles. The SMILES string of the molecule is CN(C)c1nc(OC[C@@]23CCCN2C[C@H](F)C3)nc2c(F)c(Br)c(C3CC3)cc12. The van der Waals surface area contributed by atoms with Gasteiger partial charge in [-0.25, -0.2) is 8.78 Å². The lowest BCUT2D eigenvalue weighted by atomic mass is 9.95. The van der Waals surface area contributed by atoms with E-state index in [1.54, 1.807) is 0 Å². The molecule has 0 spiro atoms. The maximum absolute atomic E-state index is 15.2. The zero-order chi connectivity index (χ0) is 20.3. The fourth-order valence-corrected chi connectivity index (χ4v) is 5.56. The summed E-state index contributed by atoms with van der Waals surface area (Å²) in [6.07, 6.45) is 3.78. The van der Waals surface area contributed by atoms with E-state index < -0.39 is 6.17 Å². The van der Waals surface area contributed by atoms with Gasteiger partial charge < -0.3 is 9.64 Å². The number of anilines is 1. The molecule has 2 aromatic rings. The van der Waals surface area contributed by atoms with Crippen LogP contribution in [0.3, 0.4) is 0 Å². The zero-order valence-corrected chi connectivity index (χ0v) is 18.3. The van der Waals surface area contributed by atoms with E-state index in [9.17, 15) is 4.39 Å². The third-order valence-corrected chi connectivity index (χ3v) is 7.34. The highest BCUT2D eigenvalue weighted by molar-refractivity contribution is 9.10. The zero-order valence-electron chi connectivity index (χ0n) is 16.7. The number of nitrogens with zero attached hydrogens (tertiary/aromatic N) is 4. The predicted octanol–water partition coefficient (Wildman–Crippen LogP) is 4.43. The fourth-order valence-electron chi connectivity index (χ4n) is 4.93. The molecule has 0 amide bonds. The number of alkyl halides is 1. The van der Waals surface area contributed by atoms with E-state index in [-0.39, 0.29) is 22.9 Å². The van der Waals surface area contributed by atoms with E-state index >= 15 is 4.39 Å². The van der Waals surface area contributed by atoms with Crippen molar-refractivity contribution in [3.63, 3.8) is 0 Å². The molecule has 2 aliphatic heterocycles. The third kappa shape index (κ3) is 3.28. The number of hydrogen-bond donors (Lipinski definition) is 0. The van der Waals surface area contributed by atoms with Crippen molar-refractivity contribution in [3.05, 3.63) is 21.9 Å². The molecule has 3 aliphatic rings. The molecule has 0 N–H and O–H groups in total. The highest BCUT2D eigenvalue weighted by Gasteiger charge is 2.49. The Morgan fingerprint density at radius 2 is 2.14 bits per heavy atom. The van der Waals surface area contributed by atoms with E-state index in [4.69, 9.17) is 4.74 Å². The van der Waals surface area contributed by atoms with Gasteiger partial charge in [0.05, 0.1) is 10.0 Å². The molecule has 0 bridgehead atoms. The van der Waals surface area contributed by atoms with Gasteiger partial charge >= 0.3 is 6.01 Å². The second-order valence-corrected chi connectivity index (χ2v) is 9.65. The van der Waals surface area contributed by atoms with Gasteiger partial charge in [0.15, 0.2) is 5.82 Å². The van der Waals surface area contributed by atoms with E-state index in [2.05, 4.69) is 30.8 Å². The lowest BCUT2D eigenvalue weighted by Crippen LogP contribution is -2.43. The minimum atomic E-state index is -0.817. The van der Waals surface area contributed by atoms with Gasteiger partial charge in [0.1, 0.15) is 24.1 Å². The average molecular weight is 467 g/mol. The standard InChI is InChI=1S/C21H25BrF2N4O/c1-27(2)19-15-8-14(12-4-5-12)16(22)17(24)18(15)25-20(26-19)29-11-21-6-3-7-28(21)10-13(23)9-21/h8,12-13H,3-7,9-11H2,1-2H3/t13-,21+/m1/s1. The molecule has 29 heavy (non-hydrogen) atoms. The van der Waals surface area contributed by atoms with Crippen LogP contribution in [0.1, 0.15) is 43.6 Å². The summed E-state index contributed by atoms with van der Waals surface area (Å²) < 4.78 is 35.7. The van der Waals surface area contributed by atoms with Crippen LogP contribution in [-0.2, 0) is 0 Å². The van der Waals surface area contributed by atoms with E-state index in [0.717, 1.165) is 37.8 Å². The Morgan fingerprint density at radius 3 is 2.86 bits per heavy atom. The molecule has 3 fully saturated rings. The van der Waals surface area contributed by atoms with Crippen LogP contribution in [0, 0.1) is 5.82 Å². The lowest BCUT2D eigenvalue weighted by molar-refractivity contribution is 0.107. The summed E-state index contributed by atoms with van der Waals surface area (Å²) in [6.45, 7) is 1.70. The number of ether oxygens (including phenoxy) is 1. The molecule has 2 atom stereocenters. The fraction of sp³-hybridized carbons (Fsp3) is 0.619. The van der Waals surface area contributed by atoms with Crippen LogP contribution in [-0.4, -0.2) is 60.4 Å².